The summed E-state index contributed by atoms with van der Waals surface area (Å²) in [5.74, 6) is -1.34. The molecule has 0 saturated carbocycles. The number of benzene rings is 2. The summed E-state index contributed by atoms with van der Waals surface area (Å²) in [5.41, 5.74) is 0.304. The van der Waals surface area contributed by atoms with Gasteiger partial charge in [0.15, 0.2) is 0 Å². The molecule has 4 nitrogen and oxygen atoms in total. The number of amides is 2. The first kappa shape index (κ1) is 24.4. The van der Waals surface area contributed by atoms with Crippen molar-refractivity contribution in [2.24, 2.45) is 0 Å². The van der Waals surface area contributed by atoms with Gasteiger partial charge >= 0.3 is 0 Å². The molecule has 1 atom stereocenters. The Morgan fingerprint density at radius 2 is 1.73 bits per heavy atom. The number of rotatable bonds is 6. The van der Waals surface area contributed by atoms with E-state index >= 15 is 0 Å². The first-order valence-corrected chi connectivity index (χ1v) is 10.5. The maximum atomic E-state index is 14.2. The van der Waals surface area contributed by atoms with Crippen LogP contribution in [0.1, 0.15) is 38.8 Å². The van der Waals surface area contributed by atoms with Gasteiger partial charge in [-0.3, -0.25) is 9.59 Å². The molecule has 0 saturated heterocycles. The highest BCUT2D eigenvalue weighted by molar-refractivity contribution is 6.42. The molecule has 0 spiro atoms. The van der Waals surface area contributed by atoms with Gasteiger partial charge in [0.2, 0.25) is 11.8 Å². The van der Waals surface area contributed by atoms with Gasteiger partial charge < -0.3 is 10.2 Å². The molecule has 2 rings (SSSR count). The summed E-state index contributed by atoms with van der Waals surface area (Å²) >= 11 is 18.2. The van der Waals surface area contributed by atoms with E-state index in [4.69, 9.17) is 34.8 Å². The maximum absolute atomic E-state index is 14.2. The standard InChI is InChI=1S/C22H24Cl3FN2O2/c1-13(21(30)27-22(2,3)4)28(12-14-8-9-17(24)18(25)10-14)20(29)11-15-16(23)6-5-7-19(15)26/h5-10,13H,11-12H2,1-4H3,(H,27,30)/t13-/m1/s1. The summed E-state index contributed by atoms with van der Waals surface area (Å²) in [5, 5.41) is 3.75. The zero-order chi connectivity index (χ0) is 22.6. The zero-order valence-corrected chi connectivity index (χ0v) is 19.5. The monoisotopic (exact) mass is 472 g/mol. The molecule has 2 aromatic rings. The molecular weight excluding hydrogens is 450 g/mol. The molecule has 2 aromatic carbocycles. The summed E-state index contributed by atoms with van der Waals surface area (Å²) in [6, 6.07) is 8.40. The predicted octanol–water partition coefficient (Wildman–Crippen LogP) is 5.66. The highest BCUT2D eigenvalue weighted by Gasteiger charge is 2.29. The minimum absolute atomic E-state index is 0.0896. The van der Waals surface area contributed by atoms with Crippen molar-refractivity contribution in [2.45, 2.75) is 52.2 Å². The fourth-order valence-electron chi connectivity index (χ4n) is 2.85. The quantitative estimate of drug-likeness (QED) is 0.588. The molecule has 0 aromatic heterocycles. The summed E-state index contributed by atoms with van der Waals surface area (Å²) in [7, 11) is 0. The van der Waals surface area contributed by atoms with E-state index in [1.807, 2.05) is 20.8 Å². The SMILES string of the molecule is C[C@H](C(=O)NC(C)(C)C)N(Cc1ccc(Cl)c(Cl)c1)C(=O)Cc1c(F)cccc1Cl. The van der Waals surface area contributed by atoms with Gasteiger partial charge in [-0.1, -0.05) is 46.9 Å². The Hall–Kier alpha value is -1.82. The van der Waals surface area contributed by atoms with Crippen molar-refractivity contribution in [2.75, 3.05) is 0 Å². The fraction of sp³-hybridized carbons (Fsp3) is 0.364. The van der Waals surface area contributed by atoms with Gasteiger partial charge in [0, 0.05) is 22.7 Å². The van der Waals surface area contributed by atoms with E-state index in [-0.39, 0.29) is 29.5 Å². The average molecular weight is 474 g/mol. The van der Waals surface area contributed by atoms with Gasteiger partial charge in [-0.05, 0) is 57.5 Å². The van der Waals surface area contributed by atoms with Gasteiger partial charge in [0.1, 0.15) is 11.9 Å². The largest absolute Gasteiger partial charge is 0.350 e. The number of carbonyl (C=O) groups excluding carboxylic acids is 2. The number of nitrogens with zero attached hydrogens (tertiary/aromatic N) is 1. The highest BCUT2D eigenvalue weighted by atomic mass is 35.5. The molecule has 0 radical (unpaired) electrons. The molecule has 30 heavy (non-hydrogen) atoms. The summed E-state index contributed by atoms with van der Waals surface area (Å²) < 4.78 is 14.2. The number of nitrogens with one attached hydrogen (secondary N) is 1. The lowest BCUT2D eigenvalue weighted by atomic mass is 10.1. The second-order valence-corrected chi connectivity index (χ2v) is 9.28. The number of hydrogen-bond acceptors (Lipinski definition) is 2. The van der Waals surface area contributed by atoms with Gasteiger partial charge in [0.05, 0.1) is 16.5 Å². The van der Waals surface area contributed by atoms with Crippen LogP contribution in [-0.4, -0.2) is 28.3 Å². The molecule has 0 aliphatic heterocycles. The van der Waals surface area contributed by atoms with Crippen molar-refractivity contribution < 1.29 is 14.0 Å². The Kier molecular flexibility index (Phi) is 8.14. The van der Waals surface area contributed by atoms with Crippen LogP contribution in [0.2, 0.25) is 15.1 Å². The molecule has 0 fully saturated rings. The lowest BCUT2D eigenvalue weighted by molar-refractivity contribution is -0.140. The Bertz CT molecular complexity index is 924. The van der Waals surface area contributed by atoms with Gasteiger partial charge in [-0.15, -0.1) is 0 Å². The molecule has 1 N–H and O–H groups in total. The molecule has 0 heterocycles. The van der Waals surface area contributed by atoms with Crippen LogP contribution in [0.3, 0.4) is 0 Å². The topological polar surface area (TPSA) is 49.4 Å². The van der Waals surface area contributed by atoms with Crippen molar-refractivity contribution in [1.29, 1.82) is 0 Å². The third-order valence-electron chi connectivity index (χ3n) is 4.39. The predicted molar refractivity (Wildman–Crippen MR) is 119 cm³/mol. The second kappa shape index (κ2) is 9.99. The van der Waals surface area contributed by atoms with Crippen LogP contribution in [0.15, 0.2) is 36.4 Å². The Balaban J connectivity index is 2.34. The van der Waals surface area contributed by atoms with E-state index in [0.29, 0.717) is 15.6 Å². The van der Waals surface area contributed by atoms with Crippen LogP contribution in [0.4, 0.5) is 4.39 Å². The summed E-state index contributed by atoms with van der Waals surface area (Å²) in [6.45, 7) is 7.27. The average Bonchev–Trinajstić information content (AvgIpc) is 2.63. The molecular formula is C22H24Cl3FN2O2. The Morgan fingerprint density at radius 1 is 1.07 bits per heavy atom. The summed E-state index contributed by atoms with van der Waals surface area (Å²) in [6.07, 6.45) is -0.278. The Morgan fingerprint density at radius 3 is 2.30 bits per heavy atom. The van der Waals surface area contributed by atoms with E-state index < -0.39 is 23.3 Å². The van der Waals surface area contributed by atoms with Gasteiger partial charge in [0.25, 0.3) is 0 Å². The van der Waals surface area contributed by atoms with Gasteiger partial charge in [-0.2, -0.15) is 0 Å². The third-order valence-corrected chi connectivity index (χ3v) is 5.49. The molecule has 0 bridgehead atoms. The summed E-state index contributed by atoms with van der Waals surface area (Å²) in [4.78, 5) is 27.3. The normalized spacial score (nSPS) is 12.4. The minimum Gasteiger partial charge on any atom is -0.350 e. The molecule has 0 aliphatic carbocycles. The maximum Gasteiger partial charge on any atom is 0.242 e. The van der Waals surface area contributed by atoms with E-state index in [2.05, 4.69) is 5.32 Å². The van der Waals surface area contributed by atoms with Crippen LogP contribution >= 0.6 is 34.8 Å². The second-order valence-electron chi connectivity index (χ2n) is 8.06. The van der Waals surface area contributed by atoms with Crippen molar-refractivity contribution in [3.8, 4) is 0 Å². The Labute approximate surface area is 191 Å². The van der Waals surface area contributed by atoms with E-state index in [9.17, 15) is 14.0 Å². The number of carbonyl (C=O) groups is 2. The highest BCUT2D eigenvalue weighted by Crippen LogP contribution is 2.25. The van der Waals surface area contributed by atoms with Crippen LogP contribution in [0, 0.1) is 5.82 Å². The molecule has 8 heteroatoms. The van der Waals surface area contributed by atoms with Crippen LogP contribution in [0.25, 0.3) is 0 Å². The molecule has 0 aliphatic rings. The van der Waals surface area contributed by atoms with E-state index in [1.165, 1.54) is 23.1 Å². The smallest absolute Gasteiger partial charge is 0.242 e. The van der Waals surface area contributed by atoms with Gasteiger partial charge in [-0.25, -0.2) is 4.39 Å². The van der Waals surface area contributed by atoms with Crippen LogP contribution in [-0.2, 0) is 22.6 Å². The van der Waals surface area contributed by atoms with Crippen LogP contribution < -0.4 is 5.32 Å². The number of halogens is 4. The molecule has 0 unspecified atom stereocenters. The number of hydrogen-bond donors (Lipinski definition) is 1. The lowest BCUT2D eigenvalue weighted by Gasteiger charge is -2.31. The third kappa shape index (κ3) is 6.59. The van der Waals surface area contributed by atoms with Crippen molar-refractivity contribution >= 4 is 46.6 Å². The van der Waals surface area contributed by atoms with Crippen molar-refractivity contribution in [1.82, 2.24) is 10.2 Å². The molecule has 162 valence electrons. The van der Waals surface area contributed by atoms with Crippen molar-refractivity contribution in [3.63, 3.8) is 0 Å². The first-order valence-electron chi connectivity index (χ1n) is 9.37. The minimum atomic E-state index is -0.809. The van der Waals surface area contributed by atoms with E-state index in [1.54, 1.807) is 25.1 Å². The zero-order valence-electron chi connectivity index (χ0n) is 17.2. The lowest BCUT2D eigenvalue weighted by Crippen LogP contribution is -2.52. The fourth-order valence-corrected chi connectivity index (χ4v) is 3.40. The van der Waals surface area contributed by atoms with Crippen LogP contribution in [0.5, 0.6) is 0 Å². The first-order chi connectivity index (χ1) is 13.9. The molecule has 2 amide bonds. The van der Waals surface area contributed by atoms with E-state index in [0.717, 1.165) is 0 Å². The van der Waals surface area contributed by atoms with Crippen molar-refractivity contribution in [3.05, 3.63) is 68.4 Å².